The number of nitrogens with zero attached hydrogens (tertiary/aromatic N) is 1. The van der Waals surface area contributed by atoms with Crippen molar-refractivity contribution in [1.82, 2.24) is 5.32 Å². The molecule has 6 nitrogen and oxygen atoms in total. The quantitative estimate of drug-likeness (QED) is 0.346. The van der Waals surface area contributed by atoms with E-state index in [0.29, 0.717) is 21.3 Å². The van der Waals surface area contributed by atoms with Crippen molar-refractivity contribution in [2.24, 2.45) is 0 Å². The topological polar surface area (TPSA) is 84.3 Å². The number of nitro groups is 1. The monoisotopic (exact) mass is 395 g/mol. The van der Waals surface area contributed by atoms with Gasteiger partial charge < -0.3 is 5.32 Å². The number of carbonyl (C=O) groups excluding carboxylic acids is 1. The molecule has 25 heavy (non-hydrogen) atoms. The molecular formula is C16H11Cl2N3O3S. The molecule has 0 aliphatic rings. The molecule has 0 fully saturated rings. The molecule has 2 aromatic carbocycles. The van der Waals surface area contributed by atoms with E-state index in [1.54, 1.807) is 24.3 Å². The molecule has 1 amide bonds. The summed E-state index contributed by atoms with van der Waals surface area (Å²) in [5.74, 6) is -0.507. The van der Waals surface area contributed by atoms with Crippen molar-refractivity contribution < 1.29 is 9.72 Å². The van der Waals surface area contributed by atoms with Crippen LogP contribution >= 0.6 is 35.4 Å². The zero-order chi connectivity index (χ0) is 18.4. The van der Waals surface area contributed by atoms with Gasteiger partial charge in [-0.15, -0.1) is 0 Å². The zero-order valence-corrected chi connectivity index (χ0v) is 14.9. The zero-order valence-electron chi connectivity index (χ0n) is 12.5. The van der Waals surface area contributed by atoms with Gasteiger partial charge in [-0.05, 0) is 36.0 Å². The van der Waals surface area contributed by atoms with Crippen LogP contribution in [-0.4, -0.2) is 15.9 Å². The minimum Gasteiger partial charge on any atom is -0.330 e. The number of anilines is 1. The Morgan fingerprint density at radius 1 is 1.16 bits per heavy atom. The number of non-ortho nitro benzene ring substituents is 1. The van der Waals surface area contributed by atoms with E-state index in [9.17, 15) is 14.9 Å². The van der Waals surface area contributed by atoms with Gasteiger partial charge in [0.15, 0.2) is 5.11 Å². The predicted octanol–water partition coefficient (Wildman–Crippen LogP) is 4.43. The van der Waals surface area contributed by atoms with Gasteiger partial charge in [0.05, 0.1) is 20.7 Å². The van der Waals surface area contributed by atoms with Gasteiger partial charge in [-0.2, -0.15) is 0 Å². The van der Waals surface area contributed by atoms with Crippen LogP contribution in [0.15, 0.2) is 48.5 Å². The predicted molar refractivity (Wildman–Crippen MR) is 103 cm³/mol. The first-order valence-corrected chi connectivity index (χ1v) is 8.02. The highest BCUT2D eigenvalue weighted by atomic mass is 35.5. The van der Waals surface area contributed by atoms with Crippen molar-refractivity contribution in [2.75, 3.05) is 5.32 Å². The van der Waals surface area contributed by atoms with Crippen LogP contribution in [-0.2, 0) is 4.79 Å². The first-order chi connectivity index (χ1) is 11.9. The average molecular weight is 396 g/mol. The molecule has 0 bridgehead atoms. The number of hydrogen-bond donors (Lipinski definition) is 2. The van der Waals surface area contributed by atoms with Gasteiger partial charge in [-0.25, -0.2) is 0 Å². The molecule has 2 N–H and O–H groups in total. The number of halogens is 2. The van der Waals surface area contributed by atoms with Crippen LogP contribution in [0.4, 0.5) is 11.4 Å². The Kier molecular flexibility index (Phi) is 6.46. The van der Waals surface area contributed by atoms with Crippen LogP contribution in [0.25, 0.3) is 6.08 Å². The summed E-state index contributed by atoms with van der Waals surface area (Å²) in [6.07, 6.45) is 2.65. The van der Waals surface area contributed by atoms with Crippen molar-refractivity contribution in [3.63, 3.8) is 0 Å². The smallest absolute Gasteiger partial charge is 0.270 e. The molecule has 0 saturated carbocycles. The standard InChI is InChI=1S/C16H11Cl2N3O3S/c17-12-5-2-6-13(18)15(12)20-16(25)19-14(22)8-7-10-3-1-4-11(9-10)21(23)24/h1-9H,(H2,19,20,22,25)/b8-7+. The summed E-state index contributed by atoms with van der Waals surface area (Å²) in [6.45, 7) is 0. The lowest BCUT2D eigenvalue weighted by molar-refractivity contribution is -0.384. The van der Waals surface area contributed by atoms with Gasteiger partial charge in [0.25, 0.3) is 5.69 Å². The number of hydrogen-bond acceptors (Lipinski definition) is 4. The lowest BCUT2D eigenvalue weighted by atomic mass is 10.2. The second-order valence-electron chi connectivity index (χ2n) is 4.73. The van der Waals surface area contributed by atoms with Crippen molar-refractivity contribution in [3.8, 4) is 0 Å². The fourth-order valence-electron chi connectivity index (χ4n) is 1.83. The highest BCUT2D eigenvalue weighted by Crippen LogP contribution is 2.29. The molecule has 0 aliphatic carbocycles. The van der Waals surface area contributed by atoms with Crippen LogP contribution in [0.2, 0.25) is 10.0 Å². The first kappa shape index (κ1) is 18.9. The van der Waals surface area contributed by atoms with E-state index in [2.05, 4.69) is 10.6 Å². The maximum Gasteiger partial charge on any atom is 0.270 e. The number of nitro benzene ring substituents is 1. The van der Waals surface area contributed by atoms with Crippen molar-refractivity contribution in [2.45, 2.75) is 0 Å². The number of amides is 1. The fraction of sp³-hybridized carbons (Fsp3) is 0. The molecule has 0 radical (unpaired) electrons. The summed E-state index contributed by atoms with van der Waals surface area (Å²) in [4.78, 5) is 22.1. The van der Waals surface area contributed by atoms with E-state index in [1.165, 1.54) is 30.4 Å². The average Bonchev–Trinajstić information content (AvgIpc) is 2.56. The Balaban J connectivity index is 1.99. The Labute approximate surface area is 158 Å². The largest absolute Gasteiger partial charge is 0.330 e. The lowest BCUT2D eigenvalue weighted by Gasteiger charge is -2.11. The third-order valence-corrected chi connectivity index (χ3v) is 3.78. The molecule has 9 heteroatoms. The fourth-order valence-corrected chi connectivity index (χ4v) is 2.52. The SMILES string of the molecule is O=C(/C=C/c1cccc([N+](=O)[O-])c1)NC(=S)Nc1c(Cl)cccc1Cl. The summed E-state index contributed by atoms with van der Waals surface area (Å²) in [5.41, 5.74) is 0.837. The highest BCUT2D eigenvalue weighted by Gasteiger charge is 2.09. The molecule has 0 atom stereocenters. The molecule has 128 valence electrons. The van der Waals surface area contributed by atoms with E-state index >= 15 is 0 Å². The Bertz CT molecular complexity index is 851. The molecule has 0 heterocycles. The Morgan fingerprint density at radius 2 is 1.80 bits per heavy atom. The summed E-state index contributed by atoms with van der Waals surface area (Å²) in [5, 5.41) is 16.6. The van der Waals surface area contributed by atoms with Gasteiger partial charge in [0.1, 0.15) is 0 Å². The molecule has 0 saturated heterocycles. The lowest BCUT2D eigenvalue weighted by Crippen LogP contribution is -2.33. The summed E-state index contributed by atoms with van der Waals surface area (Å²) >= 11 is 17.0. The van der Waals surface area contributed by atoms with E-state index in [0.717, 1.165) is 0 Å². The van der Waals surface area contributed by atoms with E-state index < -0.39 is 10.8 Å². The summed E-state index contributed by atoms with van der Waals surface area (Å²) in [6, 6.07) is 10.8. The van der Waals surface area contributed by atoms with Crippen LogP contribution in [0.1, 0.15) is 5.56 Å². The van der Waals surface area contributed by atoms with Gasteiger partial charge in [-0.3, -0.25) is 20.2 Å². The number of para-hydroxylation sites is 1. The number of thiocarbonyl (C=S) groups is 1. The first-order valence-electron chi connectivity index (χ1n) is 6.85. The van der Waals surface area contributed by atoms with Crippen LogP contribution in [0.3, 0.4) is 0 Å². The second kappa shape index (κ2) is 8.57. The van der Waals surface area contributed by atoms with Crippen molar-refractivity contribution in [1.29, 1.82) is 0 Å². The highest BCUT2D eigenvalue weighted by molar-refractivity contribution is 7.80. The number of carbonyl (C=O) groups is 1. The minimum absolute atomic E-state index is 0.0173. The van der Waals surface area contributed by atoms with E-state index in [4.69, 9.17) is 35.4 Å². The van der Waals surface area contributed by atoms with Crippen molar-refractivity contribution in [3.05, 3.63) is 74.3 Å². The van der Waals surface area contributed by atoms with E-state index in [1.807, 2.05) is 0 Å². The number of benzene rings is 2. The summed E-state index contributed by atoms with van der Waals surface area (Å²) in [7, 11) is 0. The third kappa shape index (κ3) is 5.53. The number of nitrogens with one attached hydrogen (secondary N) is 2. The molecule has 0 spiro atoms. The molecule has 2 rings (SSSR count). The molecule has 0 aliphatic heterocycles. The Hall–Kier alpha value is -2.48. The maximum atomic E-state index is 11.9. The molecular weight excluding hydrogens is 385 g/mol. The third-order valence-electron chi connectivity index (χ3n) is 2.95. The van der Waals surface area contributed by atoms with Crippen LogP contribution in [0.5, 0.6) is 0 Å². The maximum absolute atomic E-state index is 11.9. The molecule has 0 aromatic heterocycles. The van der Waals surface area contributed by atoms with Gasteiger partial charge >= 0.3 is 0 Å². The van der Waals surface area contributed by atoms with Gasteiger partial charge in [0, 0.05) is 18.2 Å². The Morgan fingerprint density at radius 3 is 2.44 bits per heavy atom. The van der Waals surface area contributed by atoms with Crippen molar-refractivity contribution >= 4 is 63.9 Å². The second-order valence-corrected chi connectivity index (χ2v) is 5.95. The number of rotatable bonds is 4. The molecule has 0 unspecified atom stereocenters. The van der Waals surface area contributed by atoms with Crippen LogP contribution in [0, 0.1) is 10.1 Å². The van der Waals surface area contributed by atoms with Crippen LogP contribution < -0.4 is 10.6 Å². The summed E-state index contributed by atoms with van der Waals surface area (Å²) < 4.78 is 0. The van der Waals surface area contributed by atoms with Gasteiger partial charge in [-0.1, -0.05) is 41.4 Å². The van der Waals surface area contributed by atoms with E-state index in [-0.39, 0.29) is 10.8 Å². The normalized spacial score (nSPS) is 10.5. The molecule has 2 aromatic rings. The minimum atomic E-state index is -0.510. The van der Waals surface area contributed by atoms with Gasteiger partial charge in [0.2, 0.25) is 5.91 Å².